The summed E-state index contributed by atoms with van der Waals surface area (Å²) in [4.78, 5) is 0. The Morgan fingerprint density at radius 1 is 1.17 bits per heavy atom. The fourth-order valence-corrected chi connectivity index (χ4v) is 3.91. The van der Waals surface area contributed by atoms with Crippen molar-refractivity contribution in [3.05, 3.63) is 63.1 Å². The van der Waals surface area contributed by atoms with Crippen LogP contribution in [0.15, 0.2) is 52.1 Å². The van der Waals surface area contributed by atoms with Crippen molar-refractivity contribution in [1.82, 2.24) is 25.5 Å². The number of aromatic nitrogens is 4. The van der Waals surface area contributed by atoms with Crippen LogP contribution in [-0.4, -0.2) is 32.5 Å². The zero-order valence-electron chi connectivity index (χ0n) is 15.8. The van der Waals surface area contributed by atoms with E-state index in [1.54, 1.807) is 16.4 Å². The maximum absolute atomic E-state index is 5.91. The predicted molar refractivity (Wildman–Crippen MR) is 123 cm³/mol. The van der Waals surface area contributed by atoms with Gasteiger partial charge in [0.25, 0.3) is 0 Å². The highest BCUT2D eigenvalue weighted by Crippen LogP contribution is 2.27. The van der Waals surface area contributed by atoms with E-state index in [0.29, 0.717) is 6.61 Å². The van der Waals surface area contributed by atoms with Gasteiger partial charge in [0, 0.05) is 24.4 Å². The van der Waals surface area contributed by atoms with Crippen molar-refractivity contribution in [3.8, 4) is 5.75 Å². The number of ether oxygens (including phenoxy) is 1. The van der Waals surface area contributed by atoms with Crippen LogP contribution in [0, 0.1) is 0 Å². The zero-order valence-corrected chi connectivity index (χ0v) is 19.8. The van der Waals surface area contributed by atoms with Gasteiger partial charge in [-0.2, -0.15) is 0 Å². The molecule has 0 unspecified atom stereocenters. The lowest BCUT2D eigenvalue weighted by molar-refractivity contribution is 0.304. The summed E-state index contributed by atoms with van der Waals surface area (Å²) in [5.74, 6) is 1.80. The quantitative estimate of drug-likeness (QED) is 0.304. The number of hydrogen-bond acceptors (Lipinski definition) is 6. The largest absolute Gasteiger partial charge is 0.488 e. The molecule has 6 nitrogen and oxygen atoms in total. The molecule has 3 rings (SSSR count). The number of hydrogen-bond donors (Lipinski definition) is 1. The summed E-state index contributed by atoms with van der Waals surface area (Å²) >= 11 is 11.2. The molecule has 2 aromatic carbocycles. The first kappa shape index (κ1) is 24.0. The Kier molecular flexibility index (Phi) is 10.2. The molecule has 0 bridgehead atoms. The summed E-state index contributed by atoms with van der Waals surface area (Å²) in [5.41, 5.74) is 2.29. The maximum Gasteiger partial charge on any atom is 0.209 e. The minimum atomic E-state index is 0. The van der Waals surface area contributed by atoms with Crippen LogP contribution in [-0.2, 0) is 20.2 Å². The molecule has 0 saturated carbocycles. The summed E-state index contributed by atoms with van der Waals surface area (Å²) in [7, 11) is 1.85. The third-order valence-corrected chi connectivity index (χ3v) is 5.91. The Morgan fingerprint density at radius 2 is 1.93 bits per heavy atom. The molecule has 1 heterocycles. The normalized spacial score (nSPS) is 10.6. The van der Waals surface area contributed by atoms with Crippen LogP contribution in [0.1, 0.15) is 17.5 Å². The highest BCUT2D eigenvalue weighted by Gasteiger charge is 2.05. The molecule has 29 heavy (non-hydrogen) atoms. The van der Waals surface area contributed by atoms with E-state index in [-0.39, 0.29) is 12.4 Å². The van der Waals surface area contributed by atoms with E-state index < -0.39 is 0 Å². The van der Waals surface area contributed by atoms with Crippen molar-refractivity contribution in [2.45, 2.75) is 24.7 Å². The minimum absolute atomic E-state index is 0. The van der Waals surface area contributed by atoms with Gasteiger partial charge in [-0.3, -0.25) is 0 Å². The standard InChI is InChI=1S/C19H21BrClN5OS.ClH/c1-26-19(23-24-25-26)28-10-2-9-22-12-15-5-8-18(17(20)11-15)27-13-14-3-6-16(21)7-4-14;/h3-8,11,22H,2,9-10,12-13H2,1H3;1H. The first-order valence-corrected chi connectivity index (χ1v) is 11.0. The Hall–Kier alpha value is -1.32. The smallest absolute Gasteiger partial charge is 0.209 e. The molecule has 0 saturated heterocycles. The van der Waals surface area contributed by atoms with E-state index in [9.17, 15) is 0 Å². The molecule has 0 atom stereocenters. The first-order valence-electron chi connectivity index (χ1n) is 8.83. The number of nitrogens with one attached hydrogen (secondary N) is 1. The third kappa shape index (κ3) is 7.79. The van der Waals surface area contributed by atoms with Gasteiger partial charge in [-0.25, -0.2) is 4.68 Å². The van der Waals surface area contributed by atoms with Crippen molar-refractivity contribution in [3.63, 3.8) is 0 Å². The van der Waals surface area contributed by atoms with Gasteiger partial charge in [-0.1, -0.05) is 41.6 Å². The number of nitrogens with zero attached hydrogens (tertiary/aromatic N) is 4. The molecule has 0 radical (unpaired) electrons. The molecular formula is C19H22BrCl2N5OS. The van der Waals surface area contributed by atoms with Crippen LogP contribution in [0.5, 0.6) is 5.75 Å². The number of halogens is 3. The Morgan fingerprint density at radius 3 is 2.62 bits per heavy atom. The molecule has 0 aliphatic rings. The van der Waals surface area contributed by atoms with Gasteiger partial charge in [-0.05, 0) is 74.7 Å². The van der Waals surface area contributed by atoms with Crippen LogP contribution >= 0.6 is 51.7 Å². The molecule has 0 aliphatic carbocycles. The summed E-state index contributed by atoms with van der Waals surface area (Å²) in [5, 5.41) is 16.4. The fraction of sp³-hybridized carbons (Fsp3) is 0.316. The molecule has 1 N–H and O–H groups in total. The van der Waals surface area contributed by atoms with Crippen molar-refractivity contribution >= 4 is 51.7 Å². The number of thioether (sulfide) groups is 1. The topological polar surface area (TPSA) is 64.9 Å². The molecule has 0 aliphatic heterocycles. The van der Waals surface area contributed by atoms with Gasteiger partial charge in [0.2, 0.25) is 5.16 Å². The molecular weight excluding hydrogens is 497 g/mol. The van der Waals surface area contributed by atoms with Gasteiger partial charge >= 0.3 is 0 Å². The molecule has 0 spiro atoms. The number of tetrazole rings is 1. The van der Waals surface area contributed by atoms with E-state index in [1.807, 2.05) is 37.4 Å². The summed E-state index contributed by atoms with van der Waals surface area (Å²) in [6.45, 7) is 2.25. The molecule has 3 aromatic rings. The number of rotatable bonds is 10. The second-order valence-corrected chi connectivity index (χ2v) is 8.50. The fourth-order valence-electron chi connectivity index (χ4n) is 2.45. The number of aryl methyl sites for hydroxylation is 1. The molecule has 156 valence electrons. The van der Waals surface area contributed by atoms with Gasteiger partial charge in [-0.15, -0.1) is 17.5 Å². The maximum atomic E-state index is 5.91. The van der Waals surface area contributed by atoms with Gasteiger partial charge in [0.15, 0.2) is 0 Å². The van der Waals surface area contributed by atoms with E-state index in [0.717, 1.165) is 51.2 Å². The van der Waals surface area contributed by atoms with Crippen molar-refractivity contribution < 1.29 is 4.74 Å². The van der Waals surface area contributed by atoms with E-state index in [2.05, 4.69) is 48.9 Å². The van der Waals surface area contributed by atoms with Crippen molar-refractivity contribution in [1.29, 1.82) is 0 Å². The van der Waals surface area contributed by atoms with Crippen molar-refractivity contribution in [2.24, 2.45) is 7.05 Å². The summed E-state index contributed by atoms with van der Waals surface area (Å²) < 4.78 is 8.53. The van der Waals surface area contributed by atoms with E-state index in [4.69, 9.17) is 16.3 Å². The van der Waals surface area contributed by atoms with Crippen LogP contribution in [0.3, 0.4) is 0 Å². The molecule has 0 amide bonds. The van der Waals surface area contributed by atoms with Gasteiger partial charge in [0.1, 0.15) is 12.4 Å². The Balaban J connectivity index is 0.00000300. The van der Waals surface area contributed by atoms with Crippen LogP contribution in [0.4, 0.5) is 0 Å². The molecule has 1 aromatic heterocycles. The lowest BCUT2D eigenvalue weighted by atomic mass is 10.2. The average molecular weight is 519 g/mol. The number of benzene rings is 2. The van der Waals surface area contributed by atoms with Crippen molar-refractivity contribution in [2.75, 3.05) is 12.3 Å². The lowest BCUT2D eigenvalue weighted by Gasteiger charge is -2.11. The average Bonchev–Trinajstić information content (AvgIpc) is 3.10. The van der Waals surface area contributed by atoms with Crippen LogP contribution < -0.4 is 10.1 Å². The first-order chi connectivity index (χ1) is 13.6. The molecule has 10 heteroatoms. The Labute approximate surface area is 194 Å². The predicted octanol–water partition coefficient (Wildman–Crippen LogP) is 4.90. The monoisotopic (exact) mass is 517 g/mol. The third-order valence-electron chi connectivity index (χ3n) is 3.94. The second kappa shape index (κ2) is 12.4. The molecule has 0 fully saturated rings. The van der Waals surface area contributed by atoms with Crippen LogP contribution in [0.25, 0.3) is 0 Å². The highest BCUT2D eigenvalue weighted by molar-refractivity contribution is 9.10. The van der Waals surface area contributed by atoms with Crippen LogP contribution in [0.2, 0.25) is 5.02 Å². The Bertz CT molecular complexity index is 895. The lowest BCUT2D eigenvalue weighted by Crippen LogP contribution is -2.15. The zero-order chi connectivity index (χ0) is 19.8. The summed E-state index contributed by atoms with van der Waals surface area (Å²) in [6, 6.07) is 13.8. The van der Waals surface area contributed by atoms with E-state index in [1.165, 1.54) is 5.56 Å². The second-order valence-electron chi connectivity index (χ2n) is 6.14. The summed E-state index contributed by atoms with van der Waals surface area (Å²) in [6.07, 6.45) is 1.04. The van der Waals surface area contributed by atoms with Gasteiger partial charge < -0.3 is 10.1 Å². The SMILES string of the molecule is Cl.Cn1nnnc1SCCCNCc1ccc(OCc2ccc(Cl)cc2)c(Br)c1. The minimum Gasteiger partial charge on any atom is -0.488 e. The van der Waals surface area contributed by atoms with Gasteiger partial charge in [0.05, 0.1) is 4.47 Å². The van der Waals surface area contributed by atoms with E-state index >= 15 is 0 Å². The highest BCUT2D eigenvalue weighted by atomic mass is 79.9.